The molecule has 22 heavy (non-hydrogen) atoms. The third kappa shape index (κ3) is 4.78. The number of benzene rings is 1. The van der Waals surface area contributed by atoms with E-state index in [1.165, 1.54) is 12.1 Å². The molecule has 2 rings (SSSR count). The van der Waals surface area contributed by atoms with Crippen molar-refractivity contribution in [1.29, 1.82) is 0 Å². The van der Waals surface area contributed by atoms with E-state index in [4.69, 9.17) is 5.73 Å². The molecule has 0 radical (unpaired) electrons. The number of hydrogen-bond donors (Lipinski definition) is 1. The minimum atomic E-state index is -4.22. The predicted octanol–water partition coefficient (Wildman–Crippen LogP) is 2.21. The van der Waals surface area contributed by atoms with E-state index < -0.39 is 12.6 Å². The Balaban J connectivity index is 1.83. The number of hydrogen-bond acceptors (Lipinski definition) is 2. The van der Waals surface area contributed by atoms with Gasteiger partial charge in [-0.2, -0.15) is 13.2 Å². The summed E-state index contributed by atoms with van der Waals surface area (Å²) in [6.07, 6.45) is -5.19. The van der Waals surface area contributed by atoms with Gasteiger partial charge in [0.1, 0.15) is 5.82 Å². The largest absolute Gasteiger partial charge is 0.390 e. The Morgan fingerprint density at radius 1 is 1.09 bits per heavy atom. The van der Waals surface area contributed by atoms with Gasteiger partial charge in [0.2, 0.25) is 0 Å². The second-order valence-corrected chi connectivity index (χ2v) is 5.06. The van der Waals surface area contributed by atoms with E-state index >= 15 is 0 Å². The van der Waals surface area contributed by atoms with Crippen molar-refractivity contribution in [3.05, 3.63) is 30.1 Å². The molecule has 1 fully saturated rings. The maximum Gasteiger partial charge on any atom is 0.390 e. The van der Waals surface area contributed by atoms with Crippen LogP contribution in [-0.4, -0.2) is 49.8 Å². The molecule has 122 valence electrons. The van der Waals surface area contributed by atoms with Crippen LogP contribution >= 0.6 is 0 Å². The van der Waals surface area contributed by atoms with Crippen molar-refractivity contribution in [2.45, 2.75) is 12.6 Å². The summed E-state index contributed by atoms with van der Waals surface area (Å²) in [5.41, 5.74) is 6.63. The highest BCUT2D eigenvalue weighted by atomic mass is 19.4. The van der Waals surface area contributed by atoms with Gasteiger partial charge in [-0.05, 0) is 24.3 Å². The van der Waals surface area contributed by atoms with Gasteiger partial charge in [0.05, 0.1) is 13.0 Å². The quantitative estimate of drug-likeness (QED) is 0.528. The second-order valence-electron chi connectivity index (χ2n) is 5.06. The standard InChI is InChI=1S/C14H18F4N4/c15-11-1-3-12(4-2-11)21-7-9-22(10-8-21)13(19)20-6-5-14(16,17)18/h1-4H,5-10H2,(H2,19,20). The van der Waals surface area contributed by atoms with Crippen LogP contribution in [0.3, 0.4) is 0 Å². The van der Waals surface area contributed by atoms with Crippen LogP contribution in [0.25, 0.3) is 0 Å². The molecule has 0 amide bonds. The second kappa shape index (κ2) is 6.85. The molecule has 0 atom stereocenters. The molecule has 0 unspecified atom stereocenters. The molecule has 1 heterocycles. The number of aliphatic imine (C=N–C) groups is 1. The first-order valence-corrected chi connectivity index (χ1v) is 6.97. The molecule has 2 N–H and O–H groups in total. The van der Waals surface area contributed by atoms with Crippen molar-refractivity contribution in [3.8, 4) is 0 Å². The van der Waals surface area contributed by atoms with E-state index in [2.05, 4.69) is 9.89 Å². The van der Waals surface area contributed by atoms with Gasteiger partial charge in [0, 0.05) is 31.9 Å². The SMILES string of the molecule is NC(=NCCC(F)(F)F)N1CCN(c2ccc(F)cc2)CC1. The van der Waals surface area contributed by atoms with Crippen molar-refractivity contribution in [2.75, 3.05) is 37.6 Å². The smallest absolute Gasteiger partial charge is 0.370 e. The molecular formula is C14H18F4N4. The summed E-state index contributed by atoms with van der Waals surface area (Å²) < 4.78 is 49.1. The fourth-order valence-corrected chi connectivity index (χ4v) is 2.24. The summed E-state index contributed by atoms with van der Waals surface area (Å²) in [4.78, 5) is 7.60. The van der Waals surface area contributed by atoms with E-state index in [0.29, 0.717) is 26.2 Å². The van der Waals surface area contributed by atoms with Crippen LogP contribution < -0.4 is 10.6 Å². The number of nitrogens with two attached hydrogens (primary N) is 1. The molecule has 0 aromatic heterocycles. The third-order valence-corrected chi connectivity index (χ3v) is 3.46. The number of anilines is 1. The van der Waals surface area contributed by atoms with Gasteiger partial charge in [-0.15, -0.1) is 0 Å². The van der Waals surface area contributed by atoms with E-state index in [1.54, 1.807) is 17.0 Å². The fraction of sp³-hybridized carbons (Fsp3) is 0.500. The lowest BCUT2D eigenvalue weighted by molar-refractivity contribution is -0.132. The van der Waals surface area contributed by atoms with Gasteiger partial charge in [-0.1, -0.05) is 0 Å². The predicted molar refractivity (Wildman–Crippen MR) is 77.3 cm³/mol. The van der Waals surface area contributed by atoms with Crippen molar-refractivity contribution in [3.63, 3.8) is 0 Å². The first-order valence-electron chi connectivity index (χ1n) is 6.97. The summed E-state index contributed by atoms with van der Waals surface area (Å²) in [5, 5.41) is 0. The zero-order valence-corrected chi connectivity index (χ0v) is 12.0. The Bertz CT molecular complexity index is 505. The molecule has 0 bridgehead atoms. The maximum atomic E-state index is 12.9. The van der Waals surface area contributed by atoms with Gasteiger partial charge in [0.15, 0.2) is 5.96 Å². The number of piperazine rings is 1. The first kappa shape index (κ1) is 16.4. The number of alkyl halides is 3. The van der Waals surface area contributed by atoms with Crippen molar-refractivity contribution < 1.29 is 17.6 Å². The Kier molecular flexibility index (Phi) is 5.10. The first-order chi connectivity index (χ1) is 10.3. The van der Waals surface area contributed by atoms with Gasteiger partial charge in [-0.25, -0.2) is 4.39 Å². The average molecular weight is 318 g/mol. The summed E-state index contributed by atoms with van der Waals surface area (Å²) in [5.74, 6) is -0.147. The van der Waals surface area contributed by atoms with Crippen LogP contribution in [0.15, 0.2) is 29.3 Å². The Labute approximate surface area is 126 Å². The number of nitrogens with zero attached hydrogens (tertiary/aromatic N) is 3. The number of guanidine groups is 1. The van der Waals surface area contributed by atoms with Gasteiger partial charge >= 0.3 is 6.18 Å². The molecule has 1 aliphatic rings. The highest BCUT2D eigenvalue weighted by molar-refractivity contribution is 5.78. The highest BCUT2D eigenvalue weighted by Crippen LogP contribution is 2.19. The molecule has 1 aliphatic heterocycles. The van der Waals surface area contributed by atoms with Gasteiger partial charge in [0.25, 0.3) is 0 Å². The zero-order valence-electron chi connectivity index (χ0n) is 12.0. The lowest BCUT2D eigenvalue weighted by Gasteiger charge is -2.36. The van der Waals surface area contributed by atoms with E-state index in [1.807, 2.05) is 0 Å². The summed E-state index contributed by atoms with van der Waals surface area (Å²) in [7, 11) is 0. The molecule has 8 heteroatoms. The molecular weight excluding hydrogens is 300 g/mol. The van der Waals surface area contributed by atoms with Crippen LogP contribution in [0.2, 0.25) is 0 Å². The number of halogens is 4. The lowest BCUT2D eigenvalue weighted by Crippen LogP contribution is -2.51. The van der Waals surface area contributed by atoms with Crippen molar-refractivity contribution in [2.24, 2.45) is 10.7 Å². The van der Waals surface area contributed by atoms with Crippen LogP contribution in [0.1, 0.15) is 6.42 Å². The normalized spacial score (nSPS) is 17.0. The molecule has 1 saturated heterocycles. The zero-order chi connectivity index (χ0) is 16.2. The fourth-order valence-electron chi connectivity index (χ4n) is 2.24. The third-order valence-electron chi connectivity index (χ3n) is 3.46. The summed E-state index contributed by atoms with van der Waals surface area (Å²) >= 11 is 0. The minimum absolute atomic E-state index is 0.142. The maximum absolute atomic E-state index is 12.9. The number of rotatable bonds is 3. The van der Waals surface area contributed by atoms with Crippen LogP contribution in [-0.2, 0) is 0 Å². The Morgan fingerprint density at radius 2 is 1.68 bits per heavy atom. The molecule has 0 spiro atoms. The highest BCUT2D eigenvalue weighted by Gasteiger charge is 2.26. The van der Waals surface area contributed by atoms with Crippen molar-refractivity contribution in [1.82, 2.24) is 4.90 Å². The minimum Gasteiger partial charge on any atom is -0.370 e. The van der Waals surface area contributed by atoms with Crippen LogP contribution in [0.4, 0.5) is 23.2 Å². The van der Waals surface area contributed by atoms with Crippen LogP contribution in [0, 0.1) is 5.82 Å². The van der Waals surface area contributed by atoms with Crippen molar-refractivity contribution >= 4 is 11.6 Å². The van der Waals surface area contributed by atoms with Crippen LogP contribution in [0.5, 0.6) is 0 Å². The van der Waals surface area contributed by atoms with E-state index in [9.17, 15) is 17.6 Å². The average Bonchev–Trinajstić information content (AvgIpc) is 2.47. The molecule has 1 aromatic rings. The van der Waals surface area contributed by atoms with E-state index in [-0.39, 0.29) is 18.3 Å². The monoisotopic (exact) mass is 318 g/mol. The molecule has 4 nitrogen and oxygen atoms in total. The van der Waals surface area contributed by atoms with Gasteiger partial charge < -0.3 is 15.5 Å². The van der Waals surface area contributed by atoms with Gasteiger partial charge in [-0.3, -0.25) is 4.99 Å². The van der Waals surface area contributed by atoms with E-state index in [0.717, 1.165) is 5.69 Å². The Hall–Kier alpha value is -1.99. The summed E-state index contributed by atoms with van der Waals surface area (Å²) in [6.45, 7) is 2.09. The molecule has 0 saturated carbocycles. The summed E-state index contributed by atoms with van der Waals surface area (Å²) in [6, 6.07) is 6.20. The Morgan fingerprint density at radius 3 is 2.23 bits per heavy atom. The molecule has 1 aromatic carbocycles. The lowest BCUT2D eigenvalue weighted by atomic mass is 10.2. The topological polar surface area (TPSA) is 44.9 Å². The molecule has 0 aliphatic carbocycles.